The molecular weight excluding hydrogens is 274 g/mol. The van der Waals surface area contributed by atoms with E-state index in [2.05, 4.69) is 11.9 Å². The minimum Gasteiger partial charge on any atom is -0.298 e. The molecule has 1 saturated heterocycles. The summed E-state index contributed by atoms with van der Waals surface area (Å²) in [5, 5.41) is 4.04. The molecule has 7 nitrogen and oxygen atoms in total. The standard InChI is InChI=1S/C14H17N3O4/c1-4-6-10(9-18)11(7-5-2)13(20)16(3)17-8-12(19)15-14(17)21/h5-7,9H,2,4,8H2,1,3H3,(H,15,19,21)/b10-6-,11-7+. The first-order valence-corrected chi connectivity index (χ1v) is 6.34. The lowest BCUT2D eigenvalue weighted by molar-refractivity contribution is -0.136. The maximum atomic E-state index is 12.4. The number of hydrogen-bond acceptors (Lipinski definition) is 4. The van der Waals surface area contributed by atoms with Crippen molar-refractivity contribution in [2.24, 2.45) is 0 Å². The number of amides is 4. The van der Waals surface area contributed by atoms with E-state index in [9.17, 15) is 19.2 Å². The van der Waals surface area contributed by atoms with Gasteiger partial charge < -0.3 is 0 Å². The van der Waals surface area contributed by atoms with Crippen LogP contribution in [-0.2, 0) is 14.4 Å². The van der Waals surface area contributed by atoms with Crippen LogP contribution >= 0.6 is 0 Å². The Labute approximate surface area is 122 Å². The number of allylic oxidation sites excluding steroid dienone is 3. The molecule has 1 rings (SSSR count). The molecule has 0 bridgehead atoms. The van der Waals surface area contributed by atoms with Crippen LogP contribution in [0.1, 0.15) is 13.3 Å². The van der Waals surface area contributed by atoms with Crippen LogP contribution in [0.25, 0.3) is 0 Å². The van der Waals surface area contributed by atoms with E-state index in [4.69, 9.17) is 0 Å². The largest absolute Gasteiger partial charge is 0.343 e. The number of carbonyl (C=O) groups excluding carboxylic acids is 4. The summed E-state index contributed by atoms with van der Waals surface area (Å²) in [5.74, 6) is -1.07. The Morgan fingerprint density at radius 3 is 2.57 bits per heavy atom. The highest BCUT2D eigenvalue weighted by Gasteiger charge is 2.33. The molecule has 112 valence electrons. The van der Waals surface area contributed by atoms with Crippen molar-refractivity contribution in [2.45, 2.75) is 13.3 Å². The van der Waals surface area contributed by atoms with Crippen molar-refractivity contribution in [2.75, 3.05) is 13.6 Å². The second kappa shape index (κ2) is 7.18. The third kappa shape index (κ3) is 3.65. The van der Waals surface area contributed by atoms with Gasteiger partial charge in [0.1, 0.15) is 6.54 Å². The van der Waals surface area contributed by atoms with Crippen molar-refractivity contribution >= 4 is 24.1 Å². The van der Waals surface area contributed by atoms with Gasteiger partial charge in [0.25, 0.3) is 5.91 Å². The van der Waals surface area contributed by atoms with Crippen LogP contribution in [0.3, 0.4) is 0 Å². The van der Waals surface area contributed by atoms with Crippen LogP contribution in [0.5, 0.6) is 0 Å². The Morgan fingerprint density at radius 2 is 2.14 bits per heavy atom. The monoisotopic (exact) mass is 291 g/mol. The number of nitrogens with one attached hydrogen (secondary N) is 1. The molecule has 0 aromatic rings. The number of aldehydes is 1. The van der Waals surface area contributed by atoms with E-state index in [0.29, 0.717) is 12.7 Å². The Morgan fingerprint density at radius 1 is 1.48 bits per heavy atom. The molecular formula is C14H17N3O4. The lowest BCUT2D eigenvalue weighted by Crippen LogP contribution is -2.46. The van der Waals surface area contributed by atoms with Crippen LogP contribution in [0.15, 0.2) is 36.0 Å². The molecule has 7 heteroatoms. The van der Waals surface area contributed by atoms with Crippen molar-refractivity contribution in [1.29, 1.82) is 0 Å². The van der Waals surface area contributed by atoms with Crippen LogP contribution in [-0.4, -0.2) is 47.7 Å². The Bertz CT molecular complexity index is 548. The molecule has 1 fully saturated rings. The number of carbonyl (C=O) groups is 4. The van der Waals surface area contributed by atoms with Crippen molar-refractivity contribution in [1.82, 2.24) is 15.3 Å². The van der Waals surface area contributed by atoms with E-state index in [1.54, 1.807) is 6.08 Å². The van der Waals surface area contributed by atoms with Crippen LogP contribution in [0.2, 0.25) is 0 Å². The summed E-state index contributed by atoms with van der Waals surface area (Å²) >= 11 is 0. The summed E-state index contributed by atoms with van der Waals surface area (Å²) in [6.45, 7) is 5.10. The summed E-state index contributed by atoms with van der Waals surface area (Å²) in [7, 11) is 1.35. The van der Waals surface area contributed by atoms with Gasteiger partial charge in [-0.2, -0.15) is 0 Å². The quantitative estimate of drug-likeness (QED) is 0.335. The average molecular weight is 291 g/mol. The van der Waals surface area contributed by atoms with Crippen LogP contribution in [0.4, 0.5) is 4.79 Å². The zero-order valence-corrected chi connectivity index (χ0v) is 12.0. The summed E-state index contributed by atoms with van der Waals surface area (Å²) in [4.78, 5) is 46.3. The average Bonchev–Trinajstić information content (AvgIpc) is 2.80. The third-order valence-electron chi connectivity index (χ3n) is 2.81. The van der Waals surface area contributed by atoms with E-state index in [0.717, 1.165) is 10.0 Å². The van der Waals surface area contributed by atoms with Gasteiger partial charge in [-0.25, -0.2) is 14.8 Å². The van der Waals surface area contributed by atoms with E-state index in [-0.39, 0.29) is 17.7 Å². The highest BCUT2D eigenvalue weighted by Crippen LogP contribution is 2.15. The molecule has 0 aromatic carbocycles. The Balaban J connectivity index is 3.07. The Kier molecular flexibility index (Phi) is 5.59. The predicted molar refractivity (Wildman–Crippen MR) is 75.7 cm³/mol. The van der Waals surface area contributed by atoms with E-state index < -0.39 is 17.8 Å². The minimum absolute atomic E-state index is 0.108. The molecule has 21 heavy (non-hydrogen) atoms. The lowest BCUT2D eigenvalue weighted by atomic mass is 10.0. The maximum absolute atomic E-state index is 12.4. The van der Waals surface area contributed by atoms with Crippen LogP contribution in [0, 0.1) is 0 Å². The van der Waals surface area contributed by atoms with Gasteiger partial charge in [-0.1, -0.05) is 25.7 Å². The van der Waals surface area contributed by atoms with Gasteiger partial charge >= 0.3 is 6.03 Å². The molecule has 0 spiro atoms. The normalized spacial score (nSPS) is 15.8. The first-order chi connectivity index (χ1) is 9.96. The van der Waals surface area contributed by atoms with Gasteiger partial charge in [0.05, 0.1) is 5.57 Å². The highest BCUT2D eigenvalue weighted by atomic mass is 16.2. The zero-order valence-electron chi connectivity index (χ0n) is 12.0. The first kappa shape index (κ1) is 16.4. The number of hydrazine groups is 1. The molecule has 0 aromatic heterocycles. The number of nitrogens with zero attached hydrogens (tertiary/aromatic N) is 2. The van der Waals surface area contributed by atoms with Gasteiger partial charge in [0, 0.05) is 12.6 Å². The summed E-state index contributed by atoms with van der Waals surface area (Å²) < 4.78 is 0. The fraction of sp³-hybridized carbons (Fsp3) is 0.286. The fourth-order valence-electron chi connectivity index (χ4n) is 1.81. The number of hydrogen-bond donors (Lipinski definition) is 1. The third-order valence-corrected chi connectivity index (χ3v) is 2.81. The van der Waals surface area contributed by atoms with Gasteiger partial charge in [-0.15, -0.1) is 0 Å². The topological polar surface area (TPSA) is 86.8 Å². The van der Waals surface area contributed by atoms with Gasteiger partial charge in [-0.05, 0) is 12.5 Å². The molecule has 0 aliphatic carbocycles. The highest BCUT2D eigenvalue weighted by molar-refractivity contribution is 6.07. The second-order valence-corrected chi connectivity index (χ2v) is 4.24. The number of rotatable bonds is 6. The first-order valence-electron chi connectivity index (χ1n) is 6.34. The second-order valence-electron chi connectivity index (χ2n) is 4.24. The molecule has 4 amide bonds. The Hall–Kier alpha value is -2.70. The minimum atomic E-state index is -0.680. The summed E-state index contributed by atoms with van der Waals surface area (Å²) in [6.07, 6.45) is 5.51. The summed E-state index contributed by atoms with van der Waals surface area (Å²) in [5.41, 5.74) is 0.316. The number of urea groups is 1. The zero-order chi connectivity index (χ0) is 16.0. The molecule has 1 N–H and O–H groups in total. The van der Waals surface area contributed by atoms with E-state index in [1.165, 1.54) is 19.2 Å². The molecule has 0 unspecified atom stereocenters. The molecule has 0 saturated carbocycles. The predicted octanol–water partition coefficient (Wildman–Crippen LogP) is 0.559. The SMILES string of the molecule is C=C/C=C(C(=O)N(C)N1CC(=O)NC1=O)\C(C=O)=C/CC. The van der Waals surface area contributed by atoms with Gasteiger partial charge in [-0.3, -0.25) is 19.7 Å². The van der Waals surface area contributed by atoms with Crippen LogP contribution < -0.4 is 5.32 Å². The lowest BCUT2D eigenvalue weighted by Gasteiger charge is -2.26. The molecule has 0 radical (unpaired) electrons. The van der Waals surface area contributed by atoms with Gasteiger partial charge in [0.15, 0.2) is 6.29 Å². The molecule has 0 atom stereocenters. The summed E-state index contributed by atoms with van der Waals surface area (Å²) in [6, 6.07) is -0.680. The van der Waals surface area contributed by atoms with E-state index >= 15 is 0 Å². The van der Waals surface area contributed by atoms with E-state index in [1.807, 2.05) is 6.92 Å². The smallest absolute Gasteiger partial charge is 0.298 e. The molecule has 1 aliphatic heterocycles. The molecule has 1 aliphatic rings. The number of likely N-dealkylation sites (N-methyl/N-ethyl adjacent to an activating group) is 1. The fourth-order valence-corrected chi connectivity index (χ4v) is 1.81. The van der Waals surface area contributed by atoms with Gasteiger partial charge in [0.2, 0.25) is 5.91 Å². The van der Waals surface area contributed by atoms with Crippen molar-refractivity contribution < 1.29 is 19.2 Å². The number of imide groups is 1. The van der Waals surface area contributed by atoms with Crippen molar-refractivity contribution in [3.05, 3.63) is 36.0 Å². The van der Waals surface area contributed by atoms with Crippen molar-refractivity contribution in [3.63, 3.8) is 0 Å². The van der Waals surface area contributed by atoms with Crippen molar-refractivity contribution in [3.8, 4) is 0 Å². The maximum Gasteiger partial charge on any atom is 0.343 e. The molecule has 1 heterocycles.